The lowest BCUT2D eigenvalue weighted by Gasteiger charge is -2.16. The Morgan fingerprint density at radius 2 is 1.90 bits per heavy atom. The van der Waals surface area contributed by atoms with Gasteiger partial charge in [-0.2, -0.15) is 4.98 Å². The Balaban J connectivity index is 1.65. The average Bonchev–Trinajstić information content (AvgIpc) is 3.43. The number of H-pyrrole nitrogens is 1. The normalized spacial score (nSPS) is 18.9. The fourth-order valence-corrected chi connectivity index (χ4v) is 5.16. The van der Waals surface area contributed by atoms with E-state index in [0.29, 0.717) is 18.9 Å². The van der Waals surface area contributed by atoms with Crippen molar-refractivity contribution in [3.63, 3.8) is 0 Å². The highest BCUT2D eigenvalue weighted by atomic mass is 31.1. The van der Waals surface area contributed by atoms with Gasteiger partial charge in [0.2, 0.25) is 5.95 Å². The molecule has 2 heterocycles. The molecule has 1 fully saturated rings. The van der Waals surface area contributed by atoms with Crippen LogP contribution in [0.5, 0.6) is 0 Å². The summed E-state index contributed by atoms with van der Waals surface area (Å²) < 4.78 is 30.8. The van der Waals surface area contributed by atoms with Crippen molar-refractivity contribution in [2.75, 3.05) is 25.6 Å². The monoisotopic (exact) mass is 579 g/mol. The van der Waals surface area contributed by atoms with Crippen molar-refractivity contribution in [3.8, 4) is 0 Å². The number of hydrogen-bond acceptors (Lipinski definition) is 10. The van der Waals surface area contributed by atoms with Crippen molar-refractivity contribution >= 4 is 43.4 Å². The van der Waals surface area contributed by atoms with Crippen LogP contribution in [0, 0.1) is 17.3 Å². The first kappa shape index (κ1) is 31.4. The van der Waals surface area contributed by atoms with Crippen molar-refractivity contribution in [1.82, 2.24) is 24.6 Å². The number of ether oxygens (including phenoxy) is 2. The van der Waals surface area contributed by atoms with E-state index in [1.54, 1.807) is 31.5 Å². The Kier molecular flexibility index (Phi) is 11.0. The molecule has 0 aromatic carbocycles. The molecule has 0 aliphatic heterocycles. The number of esters is 2. The number of aromatic amines is 1. The van der Waals surface area contributed by atoms with Gasteiger partial charge in [0.25, 0.3) is 5.56 Å². The standard InChI is InChI=1S/C26H39N6O7P/c1-6-8-18(9-7-2)12-37-24(35)17(5)31-40(36)39-14-26(13-38-23(34)16(3)4)10-19(26)11-32-15-28-20-21(32)29-25(27)30-22(20)33/h11,15-18H,6-10,12-14H2,1-5H3,(H3-,27,29,30,31,33,36)/p+1/b19-11-/t17-,26-/m0/s1. The van der Waals surface area contributed by atoms with E-state index in [1.165, 1.54) is 6.33 Å². The van der Waals surface area contributed by atoms with E-state index in [0.717, 1.165) is 31.3 Å². The van der Waals surface area contributed by atoms with Crippen molar-refractivity contribution in [1.29, 1.82) is 0 Å². The van der Waals surface area contributed by atoms with Gasteiger partial charge in [-0.3, -0.25) is 23.9 Å². The Morgan fingerprint density at radius 1 is 1.20 bits per heavy atom. The Labute approximate surface area is 234 Å². The van der Waals surface area contributed by atoms with Crippen LogP contribution in [0.2, 0.25) is 0 Å². The second kappa shape index (κ2) is 14.0. The minimum Gasteiger partial charge on any atom is -0.464 e. The number of carbonyl (C=O) groups is 2. The molecule has 40 heavy (non-hydrogen) atoms. The van der Waals surface area contributed by atoms with Crippen LogP contribution >= 0.6 is 8.18 Å². The third kappa shape index (κ3) is 8.18. The first-order valence-electron chi connectivity index (χ1n) is 13.6. The summed E-state index contributed by atoms with van der Waals surface area (Å²) >= 11 is 0. The summed E-state index contributed by atoms with van der Waals surface area (Å²) in [7, 11) is -2.42. The molecule has 0 bridgehead atoms. The molecule has 1 aliphatic carbocycles. The maximum Gasteiger partial charge on any atom is 0.613 e. The summed E-state index contributed by atoms with van der Waals surface area (Å²) in [6.07, 6.45) is 7.62. The van der Waals surface area contributed by atoms with Crippen molar-refractivity contribution in [3.05, 3.63) is 22.3 Å². The summed E-state index contributed by atoms with van der Waals surface area (Å²) in [6.45, 7) is 9.53. The van der Waals surface area contributed by atoms with Gasteiger partial charge in [0.15, 0.2) is 11.2 Å². The van der Waals surface area contributed by atoms with Crippen molar-refractivity contribution < 1.29 is 28.2 Å². The number of imidazole rings is 1. The Morgan fingerprint density at radius 3 is 2.55 bits per heavy atom. The van der Waals surface area contributed by atoms with Crippen molar-refractivity contribution in [2.24, 2.45) is 17.3 Å². The molecule has 0 amide bonds. The molecule has 3 rings (SSSR count). The molecule has 1 aliphatic rings. The number of rotatable bonds is 16. The van der Waals surface area contributed by atoms with E-state index >= 15 is 0 Å². The minimum atomic E-state index is -2.42. The quantitative estimate of drug-likeness (QED) is 0.195. The summed E-state index contributed by atoms with van der Waals surface area (Å²) in [6, 6.07) is -0.830. The smallest absolute Gasteiger partial charge is 0.464 e. The average molecular weight is 580 g/mol. The lowest BCUT2D eigenvalue weighted by molar-refractivity contribution is -0.149. The molecular formula is C26H40N6O7P+. The lowest BCUT2D eigenvalue weighted by atomic mass is 9.99. The number of fused-ring (bicyclic) bond motifs is 1. The maximum atomic E-state index is 12.7. The molecule has 2 aromatic heterocycles. The number of hydrogen-bond donors (Lipinski definition) is 3. The highest BCUT2D eigenvalue weighted by molar-refractivity contribution is 7.36. The molecule has 2 aromatic rings. The summed E-state index contributed by atoms with van der Waals surface area (Å²) in [5.74, 6) is -0.924. The summed E-state index contributed by atoms with van der Waals surface area (Å²) in [5, 5.41) is 2.66. The van der Waals surface area contributed by atoms with Crippen molar-refractivity contribution in [2.45, 2.75) is 72.8 Å². The van der Waals surface area contributed by atoms with Gasteiger partial charge in [-0.1, -0.05) is 45.6 Å². The molecule has 3 atom stereocenters. The zero-order chi connectivity index (χ0) is 29.4. The van der Waals surface area contributed by atoms with Crippen LogP contribution in [-0.4, -0.2) is 57.3 Å². The van der Waals surface area contributed by atoms with Gasteiger partial charge in [0.05, 0.1) is 17.9 Å². The zero-order valence-corrected chi connectivity index (χ0v) is 24.7. The third-order valence-corrected chi connectivity index (χ3v) is 7.72. The molecule has 14 heteroatoms. The lowest BCUT2D eigenvalue weighted by Crippen LogP contribution is -2.32. The molecule has 1 unspecified atom stereocenters. The molecular weight excluding hydrogens is 539 g/mol. The fraction of sp³-hybridized carbons (Fsp3) is 0.654. The summed E-state index contributed by atoms with van der Waals surface area (Å²) in [4.78, 5) is 47.4. The number of nitrogens with zero attached hydrogens (tertiary/aromatic N) is 3. The van der Waals surface area contributed by atoms with Gasteiger partial charge in [-0.05, 0) is 42.2 Å². The molecule has 4 N–H and O–H groups in total. The van der Waals surface area contributed by atoms with Gasteiger partial charge in [0.1, 0.15) is 25.6 Å². The number of nitrogens with one attached hydrogen (secondary N) is 2. The number of nitrogen functional groups attached to an aromatic ring is 1. The van der Waals surface area contributed by atoms with Gasteiger partial charge in [-0.15, -0.1) is 4.52 Å². The fourth-order valence-electron chi connectivity index (χ4n) is 4.30. The number of anilines is 1. The second-order valence-electron chi connectivity index (χ2n) is 10.6. The number of nitrogens with two attached hydrogens (primary N) is 1. The van der Waals surface area contributed by atoms with Crippen LogP contribution < -0.4 is 16.4 Å². The largest absolute Gasteiger partial charge is 0.613 e. The van der Waals surface area contributed by atoms with Gasteiger partial charge >= 0.3 is 20.1 Å². The molecule has 0 saturated heterocycles. The maximum absolute atomic E-state index is 12.7. The second-order valence-corrected chi connectivity index (χ2v) is 11.6. The molecule has 0 radical (unpaired) electrons. The van der Waals surface area contributed by atoms with Crippen LogP contribution in [0.4, 0.5) is 5.95 Å². The highest BCUT2D eigenvalue weighted by Crippen LogP contribution is 2.54. The SMILES string of the molecule is CCCC(CCC)COC(=O)[C@H](C)N[P+](=O)OC[C@@]1(COC(=O)C(C)C)C/C1=C/n1cnc2c(=O)[nH]c(N)nc21. The van der Waals surface area contributed by atoms with E-state index in [4.69, 9.17) is 19.7 Å². The van der Waals surface area contributed by atoms with E-state index < -0.39 is 31.2 Å². The van der Waals surface area contributed by atoms with Crippen LogP contribution in [0.1, 0.15) is 66.7 Å². The van der Waals surface area contributed by atoms with Crippen LogP contribution in [0.3, 0.4) is 0 Å². The van der Waals surface area contributed by atoms with E-state index in [-0.39, 0.29) is 42.2 Å². The Bertz CT molecular complexity index is 1300. The molecule has 13 nitrogen and oxygen atoms in total. The topological polar surface area (TPSA) is 181 Å². The van der Waals surface area contributed by atoms with Crippen LogP contribution in [0.25, 0.3) is 17.4 Å². The predicted molar refractivity (Wildman–Crippen MR) is 150 cm³/mol. The van der Waals surface area contributed by atoms with Crippen LogP contribution in [0.15, 0.2) is 16.7 Å². The zero-order valence-electron chi connectivity index (χ0n) is 23.8. The van der Waals surface area contributed by atoms with E-state index in [1.807, 2.05) is 0 Å². The molecule has 0 spiro atoms. The predicted octanol–water partition coefficient (Wildman–Crippen LogP) is 3.54. The first-order chi connectivity index (χ1) is 19.0. The Hall–Kier alpha value is -3.15. The van der Waals surface area contributed by atoms with Gasteiger partial charge in [0, 0.05) is 6.20 Å². The van der Waals surface area contributed by atoms with E-state index in [9.17, 15) is 18.9 Å². The van der Waals surface area contributed by atoms with Gasteiger partial charge in [-0.25, -0.2) is 4.98 Å². The third-order valence-electron chi connectivity index (χ3n) is 6.76. The van der Waals surface area contributed by atoms with Gasteiger partial charge < -0.3 is 15.2 Å². The molecule has 220 valence electrons. The number of carbonyl (C=O) groups excluding carboxylic acids is 2. The molecule has 1 saturated carbocycles. The highest BCUT2D eigenvalue weighted by Gasteiger charge is 2.53. The minimum absolute atomic E-state index is 0.00956. The summed E-state index contributed by atoms with van der Waals surface area (Å²) in [5.41, 5.74) is 5.71. The first-order valence-corrected chi connectivity index (χ1v) is 14.8. The van der Waals surface area contributed by atoms with E-state index in [2.05, 4.69) is 33.9 Å². The van der Waals surface area contributed by atoms with Crippen LogP contribution in [-0.2, 0) is 28.2 Å². The number of aromatic nitrogens is 4.